The van der Waals surface area contributed by atoms with Gasteiger partial charge in [0.25, 0.3) is 5.91 Å². The monoisotopic (exact) mass is 399 g/mol. The van der Waals surface area contributed by atoms with Crippen molar-refractivity contribution in [1.29, 1.82) is 0 Å². The second-order valence-corrected chi connectivity index (χ2v) is 6.86. The van der Waals surface area contributed by atoms with Crippen molar-refractivity contribution in [1.82, 2.24) is 18.9 Å². The molecule has 0 aliphatic rings. The summed E-state index contributed by atoms with van der Waals surface area (Å²) in [7, 11) is 0. The van der Waals surface area contributed by atoms with E-state index in [0.717, 1.165) is 11.4 Å². The molecule has 4 aromatic rings. The molecule has 0 saturated heterocycles. The molecule has 4 rings (SSSR count). The Balaban J connectivity index is 1.72. The highest BCUT2D eigenvalue weighted by Gasteiger charge is 2.18. The van der Waals surface area contributed by atoms with Gasteiger partial charge in [-0.2, -0.15) is 0 Å². The third-order valence-corrected chi connectivity index (χ3v) is 4.91. The van der Waals surface area contributed by atoms with E-state index in [-0.39, 0.29) is 11.5 Å². The molecule has 1 aromatic carbocycles. The van der Waals surface area contributed by atoms with Crippen LogP contribution in [0.4, 0.5) is 5.69 Å². The van der Waals surface area contributed by atoms with E-state index in [2.05, 4.69) is 15.3 Å². The Hall–Kier alpha value is -2.83. The zero-order valence-electron chi connectivity index (χ0n) is 14.4. The SMILES string of the molecule is Cc1nc2c(NC(=O)c3c(Cl)cccc3Cl)cccn2c1Cn1ccnc1. The van der Waals surface area contributed by atoms with Gasteiger partial charge >= 0.3 is 0 Å². The zero-order valence-corrected chi connectivity index (χ0v) is 15.9. The van der Waals surface area contributed by atoms with E-state index in [4.69, 9.17) is 23.2 Å². The van der Waals surface area contributed by atoms with Crippen LogP contribution in [0.3, 0.4) is 0 Å². The number of aromatic nitrogens is 4. The minimum atomic E-state index is -0.379. The highest BCUT2D eigenvalue weighted by Crippen LogP contribution is 2.27. The Morgan fingerprint density at radius 2 is 1.93 bits per heavy atom. The lowest BCUT2D eigenvalue weighted by Crippen LogP contribution is -2.14. The van der Waals surface area contributed by atoms with E-state index < -0.39 is 0 Å². The van der Waals surface area contributed by atoms with Crippen molar-refractivity contribution >= 4 is 40.4 Å². The molecule has 0 aliphatic heterocycles. The Bertz CT molecular complexity index is 1110. The number of nitrogens with zero attached hydrogens (tertiary/aromatic N) is 4. The molecule has 6 nitrogen and oxygen atoms in total. The molecule has 0 aliphatic carbocycles. The van der Waals surface area contributed by atoms with Gasteiger partial charge in [0.05, 0.1) is 45.6 Å². The van der Waals surface area contributed by atoms with E-state index in [1.54, 1.807) is 36.8 Å². The van der Waals surface area contributed by atoms with Crippen LogP contribution in [0.15, 0.2) is 55.2 Å². The summed E-state index contributed by atoms with van der Waals surface area (Å²) in [6.07, 6.45) is 7.30. The minimum absolute atomic E-state index is 0.241. The smallest absolute Gasteiger partial charge is 0.258 e. The predicted molar refractivity (Wildman–Crippen MR) is 106 cm³/mol. The quantitative estimate of drug-likeness (QED) is 0.551. The Morgan fingerprint density at radius 1 is 1.15 bits per heavy atom. The standard InChI is InChI=1S/C19H15Cl2N5O/c1-12-16(10-25-9-7-22-11-25)26-8-3-6-15(18(26)23-12)24-19(27)17-13(20)4-2-5-14(17)21/h2-9,11H,10H2,1H3,(H,24,27). The summed E-state index contributed by atoms with van der Waals surface area (Å²) in [6, 6.07) is 8.61. The summed E-state index contributed by atoms with van der Waals surface area (Å²) in [5.41, 5.74) is 3.36. The number of fused-ring (bicyclic) bond motifs is 1. The van der Waals surface area contributed by atoms with Crippen molar-refractivity contribution in [3.63, 3.8) is 0 Å². The molecule has 0 bridgehead atoms. The first-order valence-electron chi connectivity index (χ1n) is 8.22. The van der Waals surface area contributed by atoms with E-state index in [0.29, 0.717) is 27.9 Å². The molecule has 0 atom stereocenters. The number of halogens is 2. The van der Waals surface area contributed by atoms with Gasteiger partial charge < -0.3 is 14.3 Å². The van der Waals surface area contributed by atoms with Crippen molar-refractivity contribution in [3.05, 3.63) is 82.2 Å². The van der Waals surface area contributed by atoms with Crippen LogP contribution < -0.4 is 5.32 Å². The molecule has 3 heterocycles. The highest BCUT2D eigenvalue weighted by molar-refractivity contribution is 6.40. The number of carbonyl (C=O) groups excluding carboxylic acids is 1. The molecule has 8 heteroatoms. The van der Waals surface area contributed by atoms with Crippen LogP contribution in [0.25, 0.3) is 5.65 Å². The Labute approximate surface area is 165 Å². The number of carbonyl (C=O) groups is 1. The van der Waals surface area contributed by atoms with Gasteiger partial charge in [-0.3, -0.25) is 4.79 Å². The summed E-state index contributed by atoms with van der Waals surface area (Å²) in [4.78, 5) is 21.4. The Kier molecular flexibility index (Phi) is 4.59. The maximum Gasteiger partial charge on any atom is 0.258 e. The van der Waals surface area contributed by atoms with Crippen molar-refractivity contribution < 1.29 is 4.79 Å². The van der Waals surface area contributed by atoms with Gasteiger partial charge in [-0.15, -0.1) is 0 Å². The normalized spacial score (nSPS) is 11.1. The number of nitrogens with one attached hydrogen (secondary N) is 1. The number of benzene rings is 1. The molecule has 27 heavy (non-hydrogen) atoms. The van der Waals surface area contributed by atoms with E-state index in [1.807, 2.05) is 34.4 Å². The number of anilines is 1. The van der Waals surface area contributed by atoms with E-state index in [1.165, 1.54) is 0 Å². The number of hydrogen-bond donors (Lipinski definition) is 1. The maximum absolute atomic E-state index is 12.7. The number of imidazole rings is 2. The molecule has 3 aromatic heterocycles. The number of rotatable bonds is 4. The summed E-state index contributed by atoms with van der Waals surface area (Å²) in [5, 5.41) is 3.47. The van der Waals surface area contributed by atoms with Gasteiger partial charge in [0.1, 0.15) is 0 Å². The van der Waals surface area contributed by atoms with Crippen molar-refractivity contribution in [2.45, 2.75) is 13.5 Å². The molecule has 0 saturated carbocycles. The van der Waals surface area contributed by atoms with Gasteiger partial charge in [0.2, 0.25) is 0 Å². The molecule has 136 valence electrons. The number of pyridine rings is 1. The second kappa shape index (κ2) is 7.06. The predicted octanol–water partition coefficient (Wildman–Crippen LogP) is 4.45. The first kappa shape index (κ1) is 17.6. The number of hydrogen-bond acceptors (Lipinski definition) is 3. The number of amides is 1. The summed E-state index contributed by atoms with van der Waals surface area (Å²) >= 11 is 12.3. The summed E-state index contributed by atoms with van der Waals surface area (Å²) in [5.74, 6) is -0.379. The van der Waals surface area contributed by atoms with Gasteiger partial charge in [-0.1, -0.05) is 29.3 Å². The van der Waals surface area contributed by atoms with Crippen LogP contribution in [0, 0.1) is 6.92 Å². The topological polar surface area (TPSA) is 64.2 Å². The molecule has 0 fully saturated rings. The molecule has 0 spiro atoms. The van der Waals surface area contributed by atoms with Gasteiger partial charge in [-0.25, -0.2) is 9.97 Å². The molecule has 1 N–H and O–H groups in total. The first-order valence-corrected chi connectivity index (χ1v) is 8.98. The maximum atomic E-state index is 12.7. The molecular weight excluding hydrogens is 385 g/mol. The largest absolute Gasteiger partial charge is 0.331 e. The minimum Gasteiger partial charge on any atom is -0.331 e. The van der Waals surface area contributed by atoms with Crippen LogP contribution in [0.5, 0.6) is 0 Å². The van der Waals surface area contributed by atoms with Crippen LogP contribution in [0.2, 0.25) is 10.0 Å². The molecule has 0 unspecified atom stereocenters. The van der Waals surface area contributed by atoms with Gasteiger partial charge in [0.15, 0.2) is 5.65 Å². The molecule has 0 radical (unpaired) electrons. The highest BCUT2D eigenvalue weighted by atomic mass is 35.5. The molecule has 1 amide bonds. The van der Waals surface area contributed by atoms with Crippen LogP contribution >= 0.6 is 23.2 Å². The summed E-state index contributed by atoms with van der Waals surface area (Å²) < 4.78 is 3.92. The fraction of sp³-hybridized carbons (Fsp3) is 0.105. The lowest BCUT2D eigenvalue weighted by atomic mass is 10.2. The summed E-state index contributed by atoms with van der Waals surface area (Å²) in [6.45, 7) is 2.57. The zero-order chi connectivity index (χ0) is 19.0. The lowest BCUT2D eigenvalue weighted by molar-refractivity contribution is 0.102. The Morgan fingerprint density at radius 3 is 2.63 bits per heavy atom. The van der Waals surface area contributed by atoms with E-state index in [9.17, 15) is 4.79 Å². The van der Waals surface area contributed by atoms with Crippen LogP contribution in [0.1, 0.15) is 21.7 Å². The van der Waals surface area contributed by atoms with Crippen molar-refractivity contribution in [2.24, 2.45) is 0 Å². The third kappa shape index (κ3) is 3.29. The average Bonchev–Trinajstić information content (AvgIpc) is 3.24. The lowest BCUT2D eigenvalue weighted by Gasteiger charge is -2.10. The molecular formula is C19H15Cl2N5O. The second-order valence-electron chi connectivity index (χ2n) is 6.05. The van der Waals surface area contributed by atoms with Crippen molar-refractivity contribution in [3.8, 4) is 0 Å². The number of aryl methyl sites for hydroxylation is 1. The van der Waals surface area contributed by atoms with Crippen LogP contribution in [-0.2, 0) is 6.54 Å². The third-order valence-electron chi connectivity index (χ3n) is 4.28. The van der Waals surface area contributed by atoms with Gasteiger partial charge in [-0.05, 0) is 31.2 Å². The van der Waals surface area contributed by atoms with E-state index >= 15 is 0 Å². The first-order chi connectivity index (χ1) is 13.0. The van der Waals surface area contributed by atoms with Crippen molar-refractivity contribution in [2.75, 3.05) is 5.32 Å². The van der Waals surface area contributed by atoms with Gasteiger partial charge in [0, 0.05) is 18.6 Å². The average molecular weight is 400 g/mol. The fourth-order valence-electron chi connectivity index (χ4n) is 2.97. The fourth-order valence-corrected chi connectivity index (χ4v) is 3.54. The van der Waals surface area contributed by atoms with Crippen LogP contribution in [-0.4, -0.2) is 24.8 Å².